The van der Waals surface area contributed by atoms with Crippen molar-refractivity contribution in [2.24, 2.45) is 4.99 Å². The zero-order valence-electron chi connectivity index (χ0n) is 15.2. The van der Waals surface area contributed by atoms with Crippen molar-refractivity contribution < 1.29 is 9.47 Å². The van der Waals surface area contributed by atoms with E-state index in [0.29, 0.717) is 25.2 Å². The van der Waals surface area contributed by atoms with Crippen LogP contribution in [0.4, 0.5) is 0 Å². The molecule has 1 aromatic rings. The minimum atomic E-state index is 0.488. The molecule has 0 bridgehead atoms. The molecule has 0 aliphatic heterocycles. The number of guanidine groups is 1. The van der Waals surface area contributed by atoms with Crippen molar-refractivity contribution in [2.75, 3.05) is 40.0 Å². The smallest absolute Gasteiger partial charge is 0.191 e. The molecule has 2 unspecified atom stereocenters. The third-order valence-corrected chi connectivity index (χ3v) is 4.19. The van der Waals surface area contributed by atoms with Crippen LogP contribution in [-0.2, 0) is 9.47 Å². The van der Waals surface area contributed by atoms with E-state index < -0.39 is 0 Å². The van der Waals surface area contributed by atoms with Crippen LogP contribution in [0, 0.1) is 6.92 Å². The zero-order chi connectivity index (χ0) is 17.2. The molecule has 5 nitrogen and oxygen atoms in total. The standard InChI is InChI=1S/C19H31N3O2/c1-4-20-19(21-10-7-11-24-13-12-23-3)22-18-14-17(18)16-9-6-5-8-15(16)2/h5-6,8-9,17-18H,4,7,10-14H2,1-3H3,(H2,20,21,22). The molecule has 134 valence electrons. The largest absolute Gasteiger partial charge is 0.382 e. The number of hydrogen-bond donors (Lipinski definition) is 2. The van der Waals surface area contributed by atoms with E-state index in [9.17, 15) is 0 Å². The lowest BCUT2D eigenvalue weighted by Gasteiger charge is -2.12. The summed E-state index contributed by atoms with van der Waals surface area (Å²) in [4.78, 5) is 4.65. The Kier molecular flexibility index (Phi) is 8.05. The molecule has 1 aromatic carbocycles. The second kappa shape index (κ2) is 10.3. The zero-order valence-corrected chi connectivity index (χ0v) is 15.2. The SMILES string of the molecule is CCNC(=NCCCOCCOC)NC1CC1c1ccccc1C. The van der Waals surface area contributed by atoms with Crippen LogP contribution < -0.4 is 10.6 Å². The summed E-state index contributed by atoms with van der Waals surface area (Å²) in [7, 11) is 1.68. The van der Waals surface area contributed by atoms with Crippen molar-refractivity contribution in [2.45, 2.75) is 38.6 Å². The Balaban J connectivity index is 1.73. The Morgan fingerprint density at radius 3 is 2.83 bits per heavy atom. The van der Waals surface area contributed by atoms with E-state index in [1.807, 2.05) is 0 Å². The van der Waals surface area contributed by atoms with Crippen molar-refractivity contribution in [3.63, 3.8) is 0 Å². The number of benzene rings is 1. The molecule has 0 spiro atoms. The van der Waals surface area contributed by atoms with Crippen LogP contribution in [0.15, 0.2) is 29.3 Å². The molecule has 0 aromatic heterocycles. The maximum atomic E-state index is 5.46. The molecule has 2 rings (SSSR count). The maximum Gasteiger partial charge on any atom is 0.191 e. The Morgan fingerprint density at radius 1 is 1.25 bits per heavy atom. The Morgan fingerprint density at radius 2 is 2.08 bits per heavy atom. The molecule has 0 radical (unpaired) electrons. The average Bonchev–Trinajstić information content (AvgIpc) is 3.33. The van der Waals surface area contributed by atoms with Gasteiger partial charge in [0.15, 0.2) is 5.96 Å². The van der Waals surface area contributed by atoms with Crippen LogP contribution in [0.2, 0.25) is 0 Å². The molecule has 1 saturated carbocycles. The van der Waals surface area contributed by atoms with Gasteiger partial charge in [0.2, 0.25) is 0 Å². The summed E-state index contributed by atoms with van der Waals surface area (Å²) in [6.07, 6.45) is 2.10. The number of rotatable bonds is 10. The van der Waals surface area contributed by atoms with Gasteiger partial charge in [-0.2, -0.15) is 0 Å². The summed E-state index contributed by atoms with van der Waals surface area (Å²) in [6.45, 7) is 7.95. The Bertz CT molecular complexity index is 519. The molecule has 0 heterocycles. The van der Waals surface area contributed by atoms with Gasteiger partial charge in [0, 0.05) is 38.8 Å². The first-order chi connectivity index (χ1) is 11.8. The van der Waals surface area contributed by atoms with Crippen molar-refractivity contribution in [3.05, 3.63) is 35.4 Å². The lowest BCUT2D eigenvalue weighted by molar-refractivity contribution is 0.0702. The van der Waals surface area contributed by atoms with Crippen LogP contribution in [0.3, 0.4) is 0 Å². The summed E-state index contributed by atoms with van der Waals surface area (Å²) >= 11 is 0. The fourth-order valence-electron chi connectivity index (χ4n) is 2.80. The van der Waals surface area contributed by atoms with E-state index in [1.54, 1.807) is 7.11 Å². The third kappa shape index (κ3) is 6.13. The van der Waals surface area contributed by atoms with Crippen molar-refractivity contribution in [3.8, 4) is 0 Å². The second-order valence-corrected chi connectivity index (χ2v) is 6.17. The molecular weight excluding hydrogens is 302 g/mol. The quantitative estimate of drug-likeness (QED) is 0.392. The molecule has 5 heteroatoms. The molecule has 1 aliphatic carbocycles. The van der Waals surface area contributed by atoms with E-state index in [0.717, 1.165) is 32.1 Å². The van der Waals surface area contributed by atoms with Gasteiger partial charge in [-0.3, -0.25) is 4.99 Å². The summed E-state index contributed by atoms with van der Waals surface area (Å²) in [5, 5.41) is 6.89. The predicted molar refractivity (Wildman–Crippen MR) is 98.8 cm³/mol. The number of nitrogens with one attached hydrogen (secondary N) is 2. The first kappa shape index (κ1) is 18.7. The molecule has 0 amide bonds. The number of aliphatic imine (C=N–C) groups is 1. The van der Waals surface area contributed by atoms with Crippen LogP contribution in [0.25, 0.3) is 0 Å². The molecular formula is C19H31N3O2. The number of nitrogens with zero attached hydrogens (tertiary/aromatic N) is 1. The third-order valence-electron chi connectivity index (χ3n) is 4.19. The van der Waals surface area contributed by atoms with Crippen molar-refractivity contribution >= 4 is 5.96 Å². The fraction of sp³-hybridized carbons (Fsp3) is 0.632. The lowest BCUT2D eigenvalue weighted by atomic mass is 10.0. The molecule has 2 N–H and O–H groups in total. The summed E-state index contributed by atoms with van der Waals surface area (Å²) in [5.74, 6) is 1.52. The van der Waals surface area contributed by atoms with Gasteiger partial charge in [0.25, 0.3) is 0 Å². The van der Waals surface area contributed by atoms with Gasteiger partial charge < -0.3 is 20.1 Å². The van der Waals surface area contributed by atoms with E-state index in [4.69, 9.17) is 9.47 Å². The molecule has 1 aliphatic rings. The Labute approximate surface area is 145 Å². The second-order valence-electron chi connectivity index (χ2n) is 6.17. The maximum absolute atomic E-state index is 5.46. The minimum Gasteiger partial charge on any atom is -0.382 e. The fourth-order valence-corrected chi connectivity index (χ4v) is 2.80. The average molecular weight is 333 g/mol. The van der Waals surface area contributed by atoms with Gasteiger partial charge in [0.1, 0.15) is 0 Å². The van der Waals surface area contributed by atoms with Gasteiger partial charge in [-0.1, -0.05) is 24.3 Å². The summed E-state index contributed by atoms with van der Waals surface area (Å²) in [6, 6.07) is 9.14. The predicted octanol–water partition coefficient (Wildman–Crippen LogP) is 2.46. The van der Waals surface area contributed by atoms with Crippen LogP contribution in [0.1, 0.15) is 36.8 Å². The highest BCUT2D eigenvalue weighted by Gasteiger charge is 2.39. The van der Waals surface area contributed by atoms with Gasteiger partial charge in [-0.25, -0.2) is 0 Å². The lowest BCUT2D eigenvalue weighted by Crippen LogP contribution is -2.39. The Hall–Kier alpha value is -1.59. The number of hydrogen-bond acceptors (Lipinski definition) is 3. The number of ether oxygens (including phenoxy) is 2. The van der Waals surface area contributed by atoms with Gasteiger partial charge in [-0.05, 0) is 37.8 Å². The normalized spacial score (nSPS) is 20.0. The van der Waals surface area contributed by atoms with E-state index in [-0.39, 0.29) is 0 Å². The topological polar surface area (TPSA) is 54.9 Å². The van der Waals surface area contributed by atoms with Crippen LogP contribution in [0.5, 0.6) is 0 Å². The van der Waals surface area contributed by atoms with Gasteiger partial charge in [-0.15, -0.1) is 0 Å². The summed E-state index contributed by atoms with van der Waals surface area (Å²) in [5.41, 5.74) is 2.83. The highest BCUT2D eigenvalue weighted by Crippen LogP contribution is 2.41. The van der Waals surface area contributed by atoms with Crippen molar-refractivity contribution in [1.82, 2.24) is 10.6 Å². The van der Waals surface area contributed by atoms with E-state index in [1.165, 1.54) is 17.5 Å². The highest BCUT2D eigenvalue weighted by atomic mass is 16.5. The first-order valence-electron chi connectivity index (χ1n) is 8.93. The molecule has 0 saturated heterocycles. The number of aryl methyl sites for hydroxylation is 1. The first-order valence-corrected chi connectivity index (χ1v) is 8.93. The van der Waals surface area contributed by atoms with Crippen molar-refractivity contribution in [1.29, 1.82) is 0 Å². The van der Waals surface area contributed by atoms with Crippen LogP contribution >= 0.6 is 0 Å². The van der Waals surface area contributed by atoms with E-state index >= 15 is 0 Å². The molecule has 1 fully saturated rings. The molecule has 24 heavy (non-hydrogen) atoms. The van der Waals surface area contributed by atoms with Gasteiger partial charge in [0.05, 0.1) is 13.2 Å². The van der Waals surface area contributed by atoms with E-state index in [2.05, 4.69) is 53.7 Å². The van der Waals surface area contributed by atoms with Gasteiger partial charge >= 0.3 is 0 Å². The minimum absolute atomic E-state index is 0.488. The summed E-state index contributed by atoms with van der Waals surface area (Å²) < 4.78 is 10.4. The monoisotopic (exact) mass is 333 g/mol. The number of methoxy groups -OCH3 is 1. The highest BCUT2D eigenvalue weighted by molar-refractivity contribution is 5.80. The molecule has 2 atom stereocenters. The van der Waals surface area contributed by atoms with Crippen LogP contribution in [-0.4, -0.2) is 52.0 Å².